The van der Waals surface area contributed by atoms with Crippen molar-refractivity contribution in [1.29, 1.82) is 0 Å². The van der Waals surface area contributed by atoms with Crippen molar-refractivity contribution < 1.29 is 9.90 Å². The van der Waals surface area contributed by atoms with Gasteiger partial charge in [0.25, 0.3) is 0 Å². The van der Waals surface area contributed by atoms with Crippen LogP contribution >= 0.6 is 0 Å². The van der Waals surface area contributed by atoms with Crippen molar-refractivity contribution in [2.75, 3.05) is 11.9 Å². The number of pyridine rings is 1. The van der Waals surface area contributed by atoms with E-state index in [-0.39, 0.29) is 11.9 Å². The molecule has 0 aliphatic heterocycles. The minimum atomic E-state index is -0.424. The highest BCUT2D eigenvalue weighted by molar-refractivity contribution is 5.77. The molecule has 1 aliphatic carbocycles. The second-order valence-corrected chi connectivity index (χ2v) is 4.63. The van der Waals surface area contributed by atoms with E-state index in [1.807, 2.05) is 18.2 Å². The van der Waals surface area contributed by atoms with Crippen LogP contribution in [0.3, 0.4) is 0 Å². The minimum absolute atomic E-state index is 0.200. The minimum Gasteiger partial charge on any atom is -0.387 e. The molecule has 1 aromatic rings. The first kappa shape index (κ1) is 12.8. The topological polar surface area (TPSA) is 74.2 Å². The zero-order chi connectivity index (χ0) is 12.8. The quantitative estimate of drug-likeness (QED) is 0.741. The summed E-state index contributed by atoms with van der Waals surface area (Å²) < 4.78 is 0. The standard InChI is InChI=1S/C13H19N3O2/c17-9-13(18)16-11-6-4-10(5-7-11)15-12-3-1-2-8-14-12/h1-3,8,10-11,17H,4-7,9H2,(H,14,15)(H,16,18). The smallest absolute Gasteiger partial charge is 0.245 e. The number of carbonyl (C=O) groups is 1. The Balaban J connectivity index is 1.75. The Hall–Kier alpha value is -1.62. The van der Waals surface area contributed by atoms with E-state index in [1.165, 1.54) is 0 Å². The number of aromatic nitrogens is 1. The lowest BCUT2D eigenvalue weighted by Gasteiger charge is -2.29. The third-order valence-electron chi connectivity index (χ3n) is 3.25. The number of carbonyl (C=O) groups excluding carboxylic acids is 1. The Bertz CT molecular complexity index is 375. The fraction of sp³-hybridized carbons (Fsp3) is 0.538. The van der Waals surface area contributed by atoms with Gasteiger partial charge in [0, 0.05) is 18.3 Å². The Morgan fingerprint density at radius 3 is 2.61 bits per heavy atom. The van der Waals surface area contributed by atoms with E-state index in [2.05, 4.69) is 15.6 Å². The number of amides is 1. The summed E-state index contributed by atoms with van der Waals surface area (Å²) in [6, 6.07) is 6.43. The van der Waals surface area contributed by atoms with Crippen molar-refractivity contribution >= 4 is 11.7 Å². The molecule has 0 spiro atoms. The molecule has 5 heteroatoms. The summed E-state index contributed by atoms with van der Waals surface area (Å²) in [4.78, 5) is 15.3. The first-order valence-corrected chi connectivity index (χ1v) is 6.35. The van der Waals surface area contributed by atoms with Crippen LogP contribution in [0.4, 0.5) is 5.82 Å². The van der Waals surface area contributed by atoms with Gasteiger partial charge in [0.15, 0.2) is 0 Å². The Labute approximate surface area is 107 Å². The first-order chi connectivity index (χ1) is 8.78. The molecule has 3 N–H and O–H groups in total. The van der Waals surface area contributed by atoms with Gasteiger partial charge in [-0.3, -0.25) is 4.79 Å². The van der Waals surface area contributed by atoms with Gasteiger partial charge >= 0.3 is 0 Å². The number of hydrogen-bond donors (Lipinski definition) is 3. The Morgan fingerprint density at radius 2 is 2.00 bits per heavy atom. The van der Waals surface area contributed by atoms with Crippen molar-refractivity contribution in [3.63, 3.8) is 0 Å². The Kier molecular flexibility index (Phi) is 4.52. The Morgan fingerprint density at radius 1 is 1.28 bits per heavy atom. The van der Waals surface area contributed by atoms with Crippen molar-refractivity contribution in [3.8, 4) is 0 Å². The normalized spacial score (nSPS) is 23.4. The van der Waals surface area contributed by atoms with E-state index in [0.29, 0.717) is 6.04 Å². The molecule has 0 saturated heterocycles. The zero-order valence-corrected chi connectivity index (χ0v) is 10.3. The fourth-order valence-corrected chi connectivity index (χ4v) is 2.31. The predicted octanol–water partition coefficient (Wildman–Crippen LogP) is 0.913. The molecule has 98 valence electrons. The molecule has 1 aliphatic rings. The van der Waals surface area contributed by atoms with Crippen LogP contribution in [-0.2, 0) is 4.79 Å². The van der Waals surface area contributed by atoms with Gasteiger partial charge in [0.05, 0.1) is 0 Å². The van der Waals surface area contributed by atoms with Crippen LogP contribution in [0.15, 0.2) is 24.4 Å². The lowest BCUT2D eigenvalue weighted by atomic mass is 9.91. The van der Waals surface area contributed by atoms with Gasteiger partial charge in [-0.25, -0.2) is 4.98 Å². The summed E-state index contributed by atoms with van der Waals surface area (Å²) in [5.41, 5.74) is 0. The summed E-state index contributed by atoms with van der Waals surface area (Å²) in [6.07, 6.45) is 5.67. The molecule has 5 nitrogen and oxygen atoms in total. The molecule has 18 heavy (non-hydrogen) atoms. The van der Waals surface area contributed by atoms with E-state index < -0.39 is 6.61 Å². The highest BCUT2D eigenvalue weighted by Gasteiger charge is 2.22. The summed E-state index contributed by atoms with van der Waals surface area (Å²) in [5, 5.41) is 14.9. The maximum Gasteiger partial charge on any atom is 0.245 e. The summed E-state index contributed by atoms with van der Waals surface area (Å²) in [6.45, 7) is -0.424. The zero-order valence-electron chi connectivity index (χ0n) is 10.3. The third kappa shape index (κ3) is 3.70. The maximum atomic E-state index is 11.1. The van der Waals surface area contributed by atoms with Crippen molar-refractivity contribution in [3.05, 3.63) is 24.4 Å². The number of nitrogens with one attached hydrogen (secondary N) is 2. The maximum absolute atomic E-state index is 11.1. The van der Waals surface area contributed by atoms with Crippen molar-refractivity contribution in [1.82, 2.24) is 10.3 Å². The second-order valence-electron chi connectivity index (χ2n) is 4.63. The summed E-state index contributed by atoms with van der Waals surface area (Å²) in [7, 11) is 0. The number of nitrogens with zero attached hydrogens (tertiary/aromatic N) is 1. The van der Waals surface area contributed by atoms with Gasteiger partial charge in [-0.15, -0.1) is 0 Å². The van der Waals surface area contributed by atoms with Crippen LogP contribution in [0.5, 0.6) is 0 Å². The summed E-state index contributed by atoms with van der Waals surface area (Å²) >= 11 is 0. The lowest BCUT2D eigenvalue weighted by molar-refractivity contribution is -0.124. The van der Waals surface area contributed by atoms with Crippen LogP contribution in [0.1, 0.15) is 25.7 Å². The number of hydrogen-bond acceptors (Lipinski definition) is 4. The van der Waals surface area contributed by atoms with Crippen LogP contribution in [0, 0.1) is 0 Å². The van der Waals surface area contributed by atoms with Gasteiger partial charge in [0.2, 0.25) is 5.91 Å². The van der Waals surface area contributed by atoms with Crippen molar-refractivity contribution in [2.45, 2.75) is 37.8 Å². The van der Waals surface area contributed by atoms with E-state index in [4.69, 9.17) is 5.11 Å². The monoisotopic (exact) mass is 249 g/mol. The SMILES string of the molecule is O=C(CO)NC1CCC(Nc2ccccn2)CC1. The molecule has 0 unspecified atom stereocenters. The number of anilines is 1. The average molecular weight is 249 g/mol. The van der Waals surface area contributed by atoms with Crippen LogP contribution < -0.4 is 10.6 Å². The van der Waals surface area contributed by atoms with Gasteiger partial charge in [-0.05, 0) is 37.8 Å². The van der Waals surface area contributed by atoms with Crippen molar-refractivity contribution in [2.24, 2.45) is 0 Å². The molecule has 1 amide bonds. The molecule has 0 bridgehead atoms. The van der Waals surface area contributed by atoms with Gasteiger partial charge in [-0.1, -0.05) is 6.07 Å². The van der Waals surface area contributed by atoms with Crippen LogP contribution in [0.25, 0.3) is 0 Å². The molecule has 1 aromatic heterocycles. The molecule has 0 atom stereocenters. The summed E-state index contributed by atoms with van der Waals surface area (Å²) in [5.74, 6) is 0.622. The lowest BCUT2D eigenvalue weighted by Crippen LogP contribution is -2.41. The fourth-order valence-electron chi connectivity index (χ4n) is 2.31. The predicted molar refractivity (Wildman–Crippen MR) is 69.1 cm³/mol. The first-order valence-electron chi connectivity index (χ1n) is 6.35. The number of aliphatic hydroxyl groups excluding tert-OH is 1. The number of aliphatic hydroxyl groups is 1. The number of rotatable bonds is 4. The molecule has 0 aromatic carbocycles. The molecule has 1 heterocycles. The van der Waals surface area contributed by atoms with E-state index in [9.17, 15) is 4.79 Å². The largest absolute Gasteiger partial charge is 0.387 e. The molecule has 1 saturated carbocycles. The third-order valence-corrected chi connectivity index (χ3v) is 3.25. The van der Waals surface area contributed by atoms with Gasteiger partial charge < -0.3 is 15.7 Å². The van der Waals surface area contributed by atoms with Crippen LogP contribution in [-0.4, -0.2) is 34.7 Å². The molecule has 0 radical (unpaired) electrons. The molecule has 1 fully saturated rings. The highest BCUT2D eigenvalue weighted by atomic mass is 16.3. The van der Waals surface area contributed by atoms with E-state index in [0.717, 1.165) is 31.5 Å². The van der Waals surface area contributed by atoms with Gasteiger partial charge in [-0.2, -0.15) is 0 Å². The van der Waals surface area contributed by atoms with Gasteiger partial charge in [0.1, 0.15) is 12.4 Å². The van der Waals surface area contributed by atoms with E-state index >= 15 is 0 Å². The molecule has 2 rings (SSSR count). The molecular weight excluding hydrogens is 230 g/mol. The van der Waals surface area contributed by atoms with Crippen LogP contribution in [0.2, 0.25) is 0 Å². The second kappa shape index (κ2) is 6.35. The van der Waals surface area contributed by atoms with E-state index in [1.54, 1.807) is 6.20 Å². The highest BCUT2D eigenvalue weighted by Crippen LogP contribution is 2.21. The average Bonchev–Trinajstić information content (AvgIpc) is 2.42. The molecular formula is C13H19N3O2.